The van der Waals surface area contributed by atoms with Crippen molar-refractivity contribution in [3.8, 4) is 0 Å². The van der Waals surface area contributed by atoms with E-state index in [9.17, 15) is 0 Å². The lowest BCUT2D eigenvalue weighted by Crippen LogP contribution is -1.94. The van der Waals surface area contributed by atoms with Gasteiger partial charge in [0, 0.05) is 5.69 Å². The number of hydrogen-bond acceptors (Lipinski definition) is 5. The molecule has 6 heteroatoms. The van der Waals surface area contributed by atoms with Gasteiger partial charge in [-0.1, -0.05) is 24.3 Å². The second-order valence-electron chi connectivity index (χ2n) is 3.94. The molecule has 0 saturated carbocycles. The molecule has 2 N–H and O–H groups in total. The summed E-state index contributed by atoms with van der Waals surface area (Å²) < 4.78 is 1.18. The zero-order valence-corrected chi connectivity index (χ0v) is 11.9. The first-order valence-corrected chi connectivity index (χ1v) is 7.47. The minimum Gasteiger partial charge on any atom is -0.324 e. The molecule has 2 aromatic heterocycles. The number of benzene rings is 1. The Hall–Kier alpha value is -1.79. The number of aromatic nitrogens is 3. The molecule has 0 spiro atoms. The van der Waals surface area contributed by atoms with E-state index in [0.29, 0.717) is 5.95 Å². The Kier molecular flexibility index (Phi) is 3.52. The maximum Gasteiger partial charge on any atom is 0.224 e. The van der Waals surface area contributed by atoms with Crippen LogP contribution in [0.1, 0.15) is 5.56 Å². The van der Waals surface area contributed by atoms with Gasteiger partial charge in [-0.15, -0.1) is 16.4 Å². The van der Waals surface area contributed by atoms with Gasteiger partial charge in [0.25, 0.3) is 0 Å². The summed E-state index contributed by atoms with van der Waals surface area (Å²) in [5.74, 6) is 0.661. The van der Waals surface area contributed by atoms with Gasteiger partial charge >= 0.3 is 0 Å². The first-order valence-electron chi connectivity index (χ1n) is 5.78. The first-order chi connectivity index (χ1) is 9.31. The highest BCUT2D eigenvalue weighted by Gasteiger charge is 2.06. The molecule has 0 atom stereocenters. The Balaban J connectivity index is 1.73. The minimum atomic E-state index is 0.661. The molecule has 3 rings (SSSR count). The number of rotatable bonds is 4. The Morgan fingerprint density at radius 1 is 1.21 bits per heavy atom. The molecule has 0 bridgehead atoms. The van der Waals surface area contributed by atoms with Crippen LogP contribution >= 0.6 is 23.1 Å². The maximum absolute atomic E-state index is 4.41. The van der Waals surface area contributed by atoms with Crippen LogP contribution in [-0.2, 0) is 0 Å². The predicted molar refractivity (Wildman–Crippen MR) is 79.3 cm³/mol. The van der Waals surface area contributed by atoms with Crippen LogP contribution in [0.5, 0.6) is 0 Å². The van der Waals surface area contributed by atoms with Gasteiger partial charge in [0.15, 0.2) is 0 Å². The Morgan fingerprint density at radius 3 is 2.89 bits per heavy atom. The van der Waals surface area contributed by atoms with E-state index in [2.05, 4.69) is 39.6 Å². The van der Waals surface area contributed by atoms with E-state index in [1.807, 2.05) is 29.6 Å². The smallest absolute Gasteiger partial charge is 0.224 e. The number of hydrogen-bond donors (Lipinski definition) is 2. The number of thiophene rings is 1. The number of nitrogens with zero attached hydrogens (tertiary/aromatic N) is 2. The van der Waals surface area contributed by atoms with E-state index in [4.69, 9.17) is 0 Å². The molecule has 0 radical (unpaired) electrons. The molecular weight excluding hydrogens is 276 g/mol. The van der Waals surface area contributed by atoms with Crippen LogP contribution in [0.2, 0.25) is 0 Å². The summed E-state index contributed by atoms with van der Waals surface area (Å²) in [6, 6.07) is 12.2. The van der Waals surface area contributed by atoms with Crippen molar-refractivity contribution < 1.29 is 0 Å². The van der Waals surface area contributed by atoms with Crippen LogP contribution < -0.4 is 5.32 Å². The van der Waals surface area contributed by atoms with Gasteiger partial charge in [-0.25, -0.2) is 5.10 Å². The van der Waals surface area contributed by atoms with Gasteiger partial charge in [-0.2, -0.15) is 4.98 Å². The number of aromatic amines is 1. The lowest BCUT2D eigenvalue weighted by molar-refractivity contribution is 0.975. The van der Waals surface area contributed by atoms with E-state index >= 15 is 0 Å². The molecule has 0 aliphatic rings. The van der Waals surface area contributed by atoms with Crippen molar-refractivity contribution in [1.29, 1.82) is 0 Å². The maximum atomic E-state index is 4.41. The molecule has 0 fully saturated rings. The van der Waals surface area contributed by atoms with Crippen LogP contribution in [0.15, 0.2) is 51.1 Å². The van der Waals surface area contributed by atoms with Crippen molar-refractivity contribution >= 4 is 34.7 Å². The van der Waals surface area contributed by atoms with Gasteiger partial charge in [0.2, 0.25) is 11.1 Å². The van der Waals surface area contributed by atoms with Gasteiger partial charge in [-0.05, 0) is 41.8 Å². The Bertz CT molecular complexity index is 661. The van der Waals surface area contributed by atoms with Crippen LogP contribution in [-0.4, -0.2) is 15.2 Å². The third kappa shape index (κ3) is 2.97. The zero-order valence-electron chi connectivity index (χ0n) is 10.3. The molecule has 0 saturated heterocycles. The summed E-state index contributed by atoms with van der Waals surface area (Å²) in [7, 11) is 0. The minimum absolute atomic E-state index is 0.661. The molecule has 0 aliphatic carbocycles. The van der Waals surface area contributed by atoms with Crippen LogP contribution in [0.4, 0.5) is 11.6 Å². The van der Waals surface area contributed by atoms with Gasteiger partial charge < -0.3 is 5.32 Å². The molecule has 4 nitrogen and oxygen atoms in total. The molecule has 0 aliphatic heterocycles. The summed E-state index contributed by atoms with van der Waals surface area (Å²) in [5.41, 5.74) is 2.21. The molecule has 96 valence electrons. The number of aryl methyl sites for hydroxylation is 1. The summed E-state index contributed by atoms with van der Waals surface area (Å²) in [4.78, 5) is 4.41. The highest BCUT2D eigenvalue weighted by Crippen LogP contribution is 2.29. The predicted octanol–water partition coefficient (Wildman–Crippen LogP) is 4.07. The third-order valence-corrected chi connectivity index (χ3v) is 4.45. The average Bonchev–Trinajstić information content (AvgIpc) is 3.05. The lowest BCUT2D eigenvalue weighted by Gasteiger charge is -2.04. The molecule has 1 aromatic carbocycles. The standard InChI is InChI=1S/C13H12N4S2/c1-9-5-2-3-6-10(9)14-12-15-13(17-16-12)19-11-7-4-8-18-11/h2-8H,1H3,(H2,14,15,16,17). The van der Waals surface area contributed by atoms with Crippen molar-refractivity contribution in [2.24, 2.45) is 0 Å². The Morgan fingerprint density at radius 2 is 2.11 bits per heavy atom. The number of anilines is 2. The molecule has 0 amide bonds. The van der Waals surface area contributed by atoms with Crippen LogP contribution in [0.25, 0.3) is 0 Å². The van der Waals surface area contributed by atoms with Crippen molar-refractivity contribution in [2.75, 3.05) is 5.32 Å². The fourth-order valence-electron chi connectivity index (χ4n) is 1.60. The normalized spacial score (nSPS) is 10.6. The number of para-hydroxylation sites is 1. The van der Waals surface area contributed by atoms with E-state index in [-0.39, 0.29) is 0 Å². The number of H-pyrrole nitrogens is 1. The second-order valence-corrected chi connectivity index (χ2v) is 6.16. The molecule has 0 unspecified atom stereocenters. The lowest BCUT2D eigenvalue weighted by atomic mass is 10.2. The molecule has 2 heterocycles. The SMILES string of the molecule is Cc1ccccc1Nc1nc(Sc2cccs2)n[nH]1. The van der Waals surface area contributed by atoms with E-state index < -0.39 is 0 Å². The fourth-order valence-corrected chi connectivity index (χ4v) is 3.19. The average molecular weight is 288 g/mol. The Labute approximate surface area is 119 Å². The quantitative estimate of drug-likeness (QED) is 0.760. The van der Waals surface area contributed by atoms with Gasteiger partial charge in [0.1, 0.15) is 0 Å². The number of nitrogens with one attached hydrogen (secondary N) is 2. The van der Waals surface area contributed by atoms with Crippen molar-refractivity contribution in [3.05, 3.63) is 47.3 Å². The van der Waals surface area contributed by atoms with Crippen molar-refractivity contribution in [2.45, 2.75) is 16.3 Å². The highest BCUT2D eigenvalue weighted by molar-refractivity contribution is 8.01. The molecule has 19 heavy (non-hydrogen) atoms. The first kappa shape index (κ1) is 12.3. The van der Waals surface area contributed by atoms with Crippen molar-refractivity contribution in [3.63, 3.8) is 0 Å². The second kappa shape index (κ2) is 5.46. The van der Waals surface area contributed by atoms with Crippen LogP contribution in [0, 0.1) is 6.92 Å². The highest BCUT2D eigenvalue weighted by atomic mass is 32.2. The zero-order chi connectivity index (χ0) is 13.1. The summed E-state index contributed by atoms with van der Waals surface area (Å²) in [6.45, 7) is 2.06. The van der Waals surface area contributed by atoms with E-state index in [1.165, 1.54) is 9.77 Å². The summed E-state index contributed by atoms with van der Waals surface area (Å²) in [6.07, 6.45) is 0. The van der Waals surface area contributed by atoms with Gasteiger partial charge in [-0.3, -0.25) is 0 Å². The van der Waals surface area contributed by atoms with Crippen LogP contribution in [0.3, 0.4) is 0 Å². The van der Waals surface area contributed by atoms with Gasteiger partial charge in [0.05, 0.1) is 4.21 Å². The largest absolute Gasteiger partial charge is 0.324 e. The molecular formula is C13H12N4S2. The van der Waals surface area contributed by atoms with Crippen molar-refractivity contribution in [1.82, 2.24) is 15.2 Å². The fraction of sp³-hybridized carbons (Fsp3) is 0.0769. The summed E-state index contributed by atoms with van der Waals surface area (Å²) in [5, 5.41) is 13.1. The van der Waals surface area contributed by atoms with E-state index in [1.54, 1.807) is 23.1 Å². The monoisotopic (exact) mass is 288 g/mol. The summed E-state index contributed by atoms with van der Waals surface area (Å²) >= 11 is 3.24. The van der Waals surface area contributed by atoms with E-state index in [0.717, 1.165) is 10.8 Å². The molecule has 3 aromatic rings. The topological polar surface area (TPSA) is 53.6 Å². The third-order valence-electron chi connectivity index (χ3n) is 2.55.